The van der Waals surface area contributed by atoms with Gasteiger partial charge < -0.3 is 14.6 Å². The molecule has 0 saturated carbocycles. The Morgan fingerprint density at radius 3 is 2.62 bits per heavy atom. The van der Waals surface area contributed by atoms with Crippen molar-refractivity contribution < 1.29 is 9.53 Å². The van der Waals surface area contributed by atoms with Crippen LogP contribution in [0.2, 0.25) is 10.2 Å². The number of carbonyl (C=O) groups excluding carboxylic acids is 1. The number of aromatic nitrogens is 1. The van der Waals surface area contributed by atoms with E-state index in [-0.39, 0.29) is 11.9 Å². The van der Waals surface area contributed by atoms with Crippen LogP contribution in [0.5, 0.6) is 5.75 Å². The number of rotatable bonds is 6. The maximum Gasteiger partial charge on any atom is 0.268 e. The molecule has 1 aliphatic heterocycles. The van der Waals surface area contributed by atoms with Crippen LogP contribution >= 0.6 is 23.2 Å². The Morgan fingerprint density at radius 1 is 1.27 bits per heavy atom. The van der Waals surface area contributed by atoms with E-state index in [2.05, 4.69) is 16.3 Å². The quantitative estimate of drug-likeness (QED) is 0.806. The summed E-state index contributed by atoms with van der Waals surface area (Å²) in [5.74, 6) is 0.632. The average Bonchev–Trinajstić information content (AvgIpc) is 3.27. The highest BCUT2D eigenvalue weighted by Crippen LogP contribution is 2.28. The number of nitrogens with zero attached hydrogens (tertiary/aromatic N) is 2. The van der Waals surface area contributed by atoms with E-state index in [0.29, 0.717) is 22.4 Å². The second kappa shape index (κ2) is 8.33. The van der Waals surface area contributed by atoms with Crippen molar-refractivity contribution in [2.45, 2.75) is 18.9 Å². The summed E-state index contributed by atoms with van der Waals surface area (Å²) in [5.41, 5.74) is 1.58. The number of nitrogens with one attached hydrogen (secondary N) is 1. The summed E-state index contributed by atoms with van der Waals surface area (Å²) in [4.78, 5) is 15.0. The first-order valence-electron chi connectivity index (χ1n) is 8.68. The molecule has 2 heterocycles. The first-order valence-corrected chi connectivity index (χ1v) is 9.43. The highest BCUT2D eigenvalue weighted by Gasteiger charge is 2.25. The minimum atomic E-state index is -0.187. The third-order valence-electron chi connectivity index (χ3n) is 4.86. The highest BCUT2D eigenvalue weighted by molar-refractivity contribution is 6.41. The molecule has 1 N–H and O–H groups in total. The molecule has 1 atom stereocenters. The van der Waals surface area contributed by atoms with Gasteiger partial charge in [-0.15, -0.1) is 0 Å². The summed E-state index contributed by atoms with van der Waals surface area (Å²) in [6, 6.07) is 9.71. The molecule has 2 aromatic rings. The van der Waals surface area contributed by atoms with Crippen molar-refractivity contribution in [1.82, 2.24) is 14.8 Å². The monoisotopic (exact) mass is 395 g/mol. The van der Waals surface area contributed by atoms with E-state index in [1.165, 1.54) is 12.8 Å². The Hall–Kier alpha value is -1.69. The summed E-state index contributed by atoms with van der Waals surface area (Å²) >= 11 is 12.1. The number of hydrogen-bond acceptors (Lipinski definition) is 3. The molecule has 0 bridgehead atoms. The average molecular weight is 396 g/mol. The summed E-state index contributed by atoms with van der Waals surface area (Å²) in [7, 11) is 3.39. The van der Waals surface area contributed by atoms with Crippen LogP contribution < -0.4 is 10.1 Å². The molecule has 1 aliphatic rings. The summed E-state index contributed by atoms with van der Waals surface area (Å²) in [6.45, 7) is 2.56. The van der Waals surface area contributed by atoms with Gasteiger partial charge in [0.2, 0.25) is 0 Å². The lowest BCUT2D eigenvalue weighted by Crippen LogP contribution is -2.37. The highest BCUT2D eigenvalue weighted by atomic mass is 35.5. The number of likely N-dealkylation sites (tertiary alicyclic amines) is 1. The Balaban J connectivity index is 1.77. The SMILES string of the molecule is COc1cccc([C@@H](CNC(=O)c2cc(Cl)c(Cl)n2C)N2CCCC2)c1. The van der Waals surface area contributed by atoms with Crippen molar-refractivity contribution in [2.24, 2.45) is 7.05 Å². The predicted molar refractivity (Wildman–Crippen MR) is 104 cm³/mol. The van der Waals surface area contributed by atoms with E-state index >= 15 is 0 Å². The minimum absolute atomic E-state index is 0.0998. The van der Waals surface area contributed by atoms with Crippen LogP contribution in [0.3, 0.4) is 0 Å². The molecule has 1 aromatic heterocycles. The van der Waals surface area contributed by atoms with Gasteiger partial charge in [-0.25, -0.2) is 0 Å². The number of ether oxygens (including phenoxy) is 1. The van der Waals surface area contributed by atoms with Gasteiger partial charge in [0, 0.05) is 13.6 Å². The molecule has 3 rings (SSSR count). The molecule has 1 fully saturated rings. The fourth-order valence-electron chi connectivity index (χ4n) is 3.40. The van der Waals surface area contributed by atoms with Gasteiger partial charge >= 0.3 is 0 Å². The molecule has 0 aliphatic carbocycles. The zero-order valence-corrected chi connectivity index (χ0v) is 16.5. The van der Waals surface area contributed by atoms with Crippen molar-refractivity contribution in [3.05, 3.63) is 51.8 Å². The number of amides is 1. The zero-order valence-electron chi connectivity index (χ0n) is 15.0. The van der Waals surface area contributed by atoms with E-state index in [1.54, 1.807) is 24.8 Å². The molecule has 1 amide bonds. The van der Waals surface area contributed by atoms with Crippen molar-refractivity contribution in [3.8, 4) is 5.75 Å². The molecule has 0 radical (unpaired) electrons. The molecular weight excluding hydrogens is 373 g/mol. The molecule has 26 heavy (non-hydrogen) atoms. The van der Waals surface area contributed by atoms with Crippen LogP contribution in [0, 0.1) is 0 Å². The second-order valence-corrected chi connectivity index (χ2v) is 7.24. The summed E-state index contributed by atoms with van der Waals surface area (Å²) < 4.78 is 6.95. The maximum absolute atomic E-state index is 12.6. The fourth-order valence-corrected chi connectivity index (χ4v) is 3.78. The van der Waals surface area contributed by atoms with Crippen molar-refractivity contribution in [1.29, 1.82) is 0 Å². The van der Waals surface area contributed by atoms with Crippen molar-refractivity contribution in [2.75, 3.05) is 26.7 Å². The number of halogens is 2. The normalized spacial score (nSPS) is 15.8. The third kappa shape index (κ3) is 4.00. The van der Waals surface area contributed by atoms with Crippen molar-refractivity contribution >= 4 is 29.1 Å². The Bertz CT molecular complexity index is 785. The molecule has 1 aromatic carbocycles. The van der Waals surface area contributed by atoms with Crippen LogP contribution in [0.15, 0.2) is 30.3 Å². The lowest BCUT2D eigenvalue weighted by molar-refractivity contribution is 0.0930. The van der Waals surface area contributed by atoms with Crippen LogP contribution in [-0.4, -0.2) is 42.1 Å². The molecule has 0 spiro atoms. The minimum Gasteiger partial charge on any atom is -0.497 e. The molecule has 5 nitrogen and oxygen atoms in total. The van der Waals surface area contributed by atoms with E-state index < -0.39 is 0 Å². The van der Waals surface area contributed by atoms with Crippen molar-refractivity contribution in [3.63, 3.8) is 0 Å². The van der Waals surface area contributed by atoms with E-state index in [9.17, 15) is 4.79 Å². The van der Waals surface area contributed by atoms with Crippen LogP contribution in [-0.2, 0) is 7.05 Å². The number of methoxy groups -OCH3 is 1. The first-order chi connectivity index (χ1) is 12.5. The third-order valence-corrected chi connectivity index (χ3v) is 5.71. The van der Waals surface area contributed by atoms with Gasteiger partial charge in [-0.1, -0.05) is 35.3 Å². The van der Waals surface area contributed by atoms with E-state index in [4.69, 9.17) is 27.9 Å². The zero-order chi connectivity index (χ0) is 18.7. The Kier molecular flexibility index (Phi) is 6.12. The van der Waals surface area contributed by atoms with Gasteiger partial charge in [-0.05, 0) is 49.7 Å². The smallest absolute Gasteiger partial charge is 0.268 e. The number of benzene rings is 1. The largest absolute Gasteiger partial charge is 0.497 e. The van der Waals surface area contributed by atoms with Crippen LogP contribution in [0.25, 0.3) is 0 Å². The predicted octanol–water partition coefficient (Wildman–Crippen LogP) is 3.91. The lowest BCUT2D eigenvalue weighted by atomic mass is 10.0. The van der Waals surface area contributed by atoms with Gasteiger partial charge in [0.1, 0.15) is 16.6 Å². The van der Waals surface area contributed by atoms with Gasteiger partial charge in [-0.2, -0.15) is 0 Å². The van der Waals surface area contributed by atoms with Crippen LogP contribution in [0.1, 0.15) is 34.9 Å². The molecule has 7 heteroatoms. The second-order valence-electron chi connectivity index (χ2n) is 6.47. The summed E-state index contributed by atoms with van der Waals surface area (Å²) in [6.07, 6.45) is 2.36. The first kappa shape index (κ1) is 19.1. The Labute approximate surface area is 163 Å². The van der Waals surface area contributed by atoms with Gasteiger partial charge in [-0.3, -0.25) is 9.69 Å². The fraction of sp³-hybridized carbons (Fsp3) is 0.421. The number of hydrogen-bond donors (Lipinski definition) is 1. The van der Waals surface area contributed by atoms with Gasteiger partial charge in [0.05, 0.1) is 18.2 Å². The van der Waals surface area contributed by atoms with E-state index in [0.717, 1.165) is 24.4 Å². The molecule has 1 saturated heterocycles. The summed E-state index contributed by atoms with van der Waals surface area (Å²) in [5, 5.41) is 3.77. The molecule has 0 unspecified atom stereocenters. The molecular formula is C19H23Cl2N3O2. The lowest BCUT2D eigenvalue weighted by Gasteiger charge is -2.28. The maximum atomic E-state index is 12.6. The topological polar surface area (TPSA) is 46.5 Å². The van der Waals surface area contributed by atoms with E-state index in [1.807, 2.05) is 18.2 Å². The van der Waals surface area contributed by atoms with Gasteiger partial charge in [0.15, 0.2) is 0 Å². The number of carbonyl (C=O) groups is 1. The standard InChI is InChI=1S/C19H23Cl2N3O2/c1-23-16(11-15(20)18(23)21)19(25)22-12-17(24-8-3-4-9-24)13-6-5-7-14(10-13)26-2/h5-7,10-11,17H,3-4,8-9,12H2,1-2H3,(H,22,25)/t17-/m1/s1. The molecule has 140 valence electrons. The Morgan fingerprint density at radius 2 is 2.00 bits per heavy atom. The van der Waals surface area contributed by atoms with Gasteiger partial charge in [0.25, 0.3) is 5.91 Å². The van der Waals surface area contributed by atoms with Crippen LogP contribution in [0.4, 0.5) is 0 Å².